The standard InChI is InChI=1S/C12H23IO2/c1-3-5-7-8-10-15-12(11-13)14-9-6-4-2/h7-8,12H,3-6,9-11H2,1-2H3/b8-7+. The van der Waals surface area contributed by atoms with Crippen LogP contribution in [-0.2, 0) is 9.47 Å². The van der Waals surface area contributed by atoms with E-state index in [9.17, 15) is 0 Å². The lowest BCUT2D eigenvalue weighted by Gasteiger charge is -2.14. The molecule has 0 aromatic heterocycles. The molecule has 0 aliphatic carbocycles. The normalized spacial score (nSPS) is 13.5. The van der Waals surface area contributed by atoms with Crippen LogP contribution in [0.25, 0.3) is 0 Å². The molecule has 0 aliphatic rings. The summed E-state index contributed by atoms with van der Waals surface area (Å²) < 4.78 is 12.0. The van der Waals surface area contributed by atoms with Crippen molar-refractivity contribution in [2.24, 2.45) is 0 Å². The molecular weight excluding hydrogens is 303 g/mol. The lowest BCUT2D eigenvalue weighted by Crippen LogP contribution is -2.19. The molecule has 0 radical (unpaired) electrons. The van der Waals surface area contributed by atoms with Crippen molar-refractivity contribution in [3.63, 3.8) is 0 Å². The molecule has 0 fully saturated rings. The fourth-order valence-corrected chi connectivity index (χ4v) is 1.52. The Morgan fingerprint density at radius 2 is 1.93 bits per heavy atom. The lowest BCUT2D eigenvalue weighted by molar-refractivity contribution is -0.117. The molecule has 0 aromatic rings. The number of unbranched alkanes of at least 4 members (excludes halogenated alkanes) is 2. The first-order valence-electron chi connectivity index (χ1n) is 5.79. The Kier molecular flexibility index (Phi) is 12.8. The Balaban J connectivity index is 3.43. The first-order chi connectivity index (χ1) is 7.35. The van der Waals surface area contributed by atoms with E-state index in [4.69, 9.17) is 9.47 Å². The van der Waals surface area contributed by atoms with Gasteiger partial charge in [-0.25, -0.2) is 0 Å². The number of allylic oxidation sites excluding steroid dienone is 1. The maximum atomic E-state index is 5.57. The van der Waals surface area contributed by atoms with E-state index in [1.807, 2.05) is 0 Å². The molecule has 3 heteroatoms. The predicted molar refractivity (Wildman–Crippen MR) is 73.5 cm³/mol. The van der Waals surface area contributed by atoms with Crippen molar-refractivity contribution < 1.29 is 9.47 Å². The van der Waals surface area contributed by atoms with Gasteiger partial charge in [-0.2, -0.15) is 0 Å². The minimum absolute atomic E-state index is 0.0385. The van der Waals surface area contributed by atoms with E-state index < -0.39 is 0 Å². The maximum Gasteiger partial charge on any atom is 0.166 e. The van der Waals surface area contributed by atoms with Crippen LogP contribution in [0.2, 0.25) is 0 Å². The molecule has 0 aromatic carbocycles. The third-order valence-electron chi connectivity index (χ3n) is 1.93. The van der Waals surface area contributed by atoms with E-state index in [0.717, 1.165) is 23.9 Å². The molecule has 0 saturated carbocycles. The van der Waals surface area contributed by atoms with Gasteiger partial charge < -0.3 is 9.47 Å². The zero-order valence-corrected chi connectivity index (χ0v) is 12.0. The minimum Gasteiger partial charge on any atom is -0.352 e. The zero-order valence-electron chi connectivity index (χ0n) is 9.88. The number of ether oxygens (including phenoxy) is 2. The maximum absolute atomic E-state index is 5.57. The molecule has 1 unspecified atom stereocenters. The first kappa shape index (κ1) is 15.4. The number of rotatable bonds is 10. The summed E-state index contributed by atoms with van der Waals surface area (Å²) in [6.07, 6.45) is 8.81. The van der Waals surface area contributed by atoms with Crippen LogP contribution >= 0.6 is 22.6 Å². The van der Waals surface area contributed by atoms with E-state index in [-0.39, 0.29) is 6.29 Å². The average Bonchev–Trinajstić information content (AvgIpc) is 2.26. The van der Waals surface area contributed by atoms with Gasteiger partial charge in [0.05, 0.1) is 11.0 Å². The van der Waals surface area contributed by atoms with Gasteiger partial charge in [0.25, 0.3) is 0 Å². The number of hydrogen-bond donors (Lipinski definition) is 0. The van der Waals surface area contributed by atoms with Gasteiger partial charge in [0.1, 0.15) is 0 Å². The van der Waals surface area contributed by atoms with Crippen LogP contribution in [0.15, 0.2) is 12.2 Å². The van der Waals surface area contributed by atoms with E-state index in [2.05, 4.69) is 48.6 Å². The summed E-state index contributed by atoms with van der Waals surface area (Å²) in [4.78, 5) is 0. The fraction of sp³-hybridized carbons (Fsp3) is 0.833. The highest BCUT2D eigenvalue weighted by Crippen LogP contribution is 2.02. The Hall–Kier alpha value is 0.390. The van der Waals surface area contributed by atoms with Crippen molar-refractivity contribution in [3.8, 4) is 0 Å². The second-order valence-electron chi connectivity index (χ2n) is 3.40. The van der Waals surface area contributed by atoms with Crippen molar-refractivity contribution in [1.82, 2.24) is 0 Å². The van der Waals surface area contributed by atoms with Crippen molar-refractivity contribution >= 4 is 22.6 Å². The van der Waals surface area contributed by atoms with E-state index >= 15 is 0 Å². The Morgan fingerprint density at radius 1 is 1.13 bits per heavy atom. The monoisotopic (exact) mass is 326 g/mol. The van der Waals surface area contributed by atoms with Crippen LogP contribution in [0.1, 0.15) is 39.5 Å². The second kappa shape index (κ2) is 12.5. The molecule has 0 amide bonds. The van der Waals surface area contributed by atoms with Crippen LogP contribution in [0.3, 0.4) is 0 Å². The van der Waals surface area contributed by atoms with Crippen LogP contribution in [0.5, 0.6) is 0 Å². The highest BCUT2D eigenvalue weighted by Gasteiger charge is 2.05. The highest BCUT2D eigenvalue weighted by atomic mass is 127. The quantitative estimate of drug-likeness (QED) is 0.199. The molecule has 0 N–H and O–H groups in total. The molecular formula is C12H23IO2. The SMILES string of the molecule is CCC/C=C/COC(CI)OCCCC. The number of alkyl halides is 1. The van der Waals surface area contributed by atoms with Gasteiger partial charge in [0, 0.05) is 6.61 Å². The summed E-state index contributed by atoms with van der Waals surface area (Å²) in [7, 11) is 0. The van der Waals surface area contributed by atoms with Crippen molar-refractivity contribution in [2.45, 2.75) is 45.8 Å². The van der Waals surface area contributed by atoms with Gasteiger partial charge >= 0.3 is 0 Å². The molecule has 15 heavy (non-hydrogen) atoms. The Bertz CT molecular complexity index is 149. The lowest BCUT2D eigenvalue weighted by atomic mass is 10.3. The van der Waals surface area contributed by atoms with Gasteiger partial charge in [-0.15, -0.1) is 0 Å². The number of halogens is 1. The molecule has 0 bridgehead atoms. The predicted octanol–water partition coefficient (Wildman–Crippen LogP) is 3.94. The third kappa shape index (κ3) is 10.7. The molecule has 0 saturated heterocycles. The zero-order chi connectivity index (χ0) is 11.4. The van der Waals surface area contributed by atoms with Crippen molar-refractivity contribution in [3.05, 3.63) is 12.2 Å². The average molecular weight is 326 g/mol. The minimum atomic E-state index is -0.0385. The molecule has 0 spiro atoms. The summed E-state index contributed by atoms with van der Waals surface area (Å²) >= 11 is 2.30. The number of hydrogen-bond acceptors (Lipinski definition) is 2. The van der Waals surface area contributed by atoms with E-state index in [0.29, 0.717) is 6.61 Å². The molecule has 0 heterocycles. The van der Waals surface area contributed by atoms with Gasteiger partial charge in [-0.1, -0.05) is 61.4 Å². The topological polar surface area (TPSA) is 18.5 Å². The third-order valence-corrected chi connectivity index (χ3v) is 2.65. The van der Waals surface area contributed by atoms with Crippen LogP contribution < -0.4 is 0 Å². The molecule has 0 rings (SSSR count). The van der Waals surface area contributed by atoms with Gasteiger partial charge in [-0.05, 0) is 12.8 Å². The summed E-state index contributed by atoms with van der Waals surface area (Å²) in [5, 5.41) is 0. The highest BCUT2D eigenvalue weighted by molar-refractivity contribution is 14.1. The Morgan fingerprint density at radius 3 is 2.53 bits per heavy atom. The Labute approximate surface area is 108 Å². The van der Waals surface area contributed by atoms with E-state index in [1.165, 1.54) is 12.8 Å². The van der Waals surface area contributed by atoms with Crippen LogP contribution in [0, 0.1) is 0 Å². The van der Waals surface area contributed by atoms with Crippen molar-refractivity contribution in [1.29, 1.82) is 0 Å². The fourth-order valence-electron chi connectivity index (χ4n) is 1.01. The molecule has 0 aliphatic heterocycles. The first-order valence-corrected chi connectivity index (χ1v) is 7.31. The van der Waals surface area contributed by atoms with Crippen LogP contribution in [0.4, 0.5) is 0 Å². The largest absolute Gasteiger partial charge is 0.352 e. The van der Waals surface area contributed by atoms with Crippen molar-refractivity contribution in [2.75, 3.05) is 17.6 Å². The van der Waals surface area contributed by atoms with Gasteiger partial charge in [-0.3, -0.25) is 0 Å². The van der Waals surface area contributed by atoms with Gasteiger partial charge in [0.2, 0.25) is 0 Å². The molecule has 1 atom stereocenters. The second-order valence-corrected chi connectivity index (χ2v) is 4.28. The summed E-state index contributed by atoms with van der Waals surface area (Å²) in [5.41, 5.74) is 0. The van der Waals surface area contributed by atoms with Gasteiger partial charge in [0.15, 0.2) is 6.29 Å². The van der Waals surface area contributed by atoms with E-state index in [1.54, 1.807) is 0 Å². The summed E-state index contributed by atoms with van der Waals surface area (Å²) in [6, 6.07) is 0. The summed E-state index contributed by atoms with van der Waals surface area (Å²) in [6.45, 7) is 5.81. The summed E-state index contributed by atoms with van der Waals surface area (Å²) in [5.74, 6) is 0. The molecule has 90 valence electrons. The smallest absolute Gasteiger partial charge is 0.166 e. The molecule has 2 nitrogen and oxygen atoms in total. The van der Waals surface area contributed by atoms with Crippen LogP contribution in [-0.4, -0.2) is 23.9 Å².